The molecule has 1 saturated heterocycles. The van der Waals surface area contributed by atoms with Gasteiger partial charge >= 0.3 is 5.51 Å². The zero-order valence-electron chi connectivity index (χ0n) is 19.4. The molecule has 0 bridgehead atoms. The highest BCUT2D eigenvalue weighted by Crippen LogP contribution is 2.36. The van der Waals surface area contributed by atoms with Crippen molar-refractivity contribution in [1.82, 2.24) is 4.90 Å². The van der Waals surface area contributed by atoms with Crippen LogP contribution in [0.2, 0.25) is 0 Å². The van der Waals surface area contributed by atoms with Gasteiger partial charge in [0, 0.05) is 25.7 Å². The molecule has 2 aromatic rings. The minimum absolute atomic E-state index is 0.0131. The van der Waals surface area contributed by atoms with Crippen molar-refractivity contribution in [2.24, 2.45) is 5.14 Å². The lowest BCUT2D eigenvalue weighted by Crippen LogP contribution is -2.40. The average Bonchev–Trinajstić information content (AvgIpc) is 2.82. The zero-order chi connectivity index (χ0) is 27.5. The molecule has 0 aromatic heterocycles. The number of nitrogens with two attached hydrogens (primary N) is 1. The number of halogens is 3. The van der Waals surface area contributed by atoms with Crippen LogP contribution < -0.4 is 10.5 Å². The van der Waals surface area contributed by atoms with Crippen molar-refractivity contribution >= 4 is 35.4 Å². The molecule has 1 aliphatic rings. The summed E-state index contributed by atoms with van der Waals surface area (Å²) in [6.07, 6.45) is 0.120. The fourth-order valence-corrected chi connectivity index (χ4v) is 6.82. The number of hydrogen-bond donors (Lipinski definition) is 2. The number of anilines is 1. The second-order valence-electron chi connectivity index (χ2n) is 8.33. The van der Waals surface area contributed by atoms with Gasteiger partial charge in [-0.15, -0.1) is 0 Å². The molecule has 0 unspecified atom stereocenters. The van der Waals surface area contributed by atoms with Gasteiger partial charge in [0.2, 0.25) is 10.0 Å². The molecule has 0 radical (unpaired) electrons. The summed E-state index contributed by atoms with van der Waals surface area (Å²) >= 11 is 0. The summed E-state index contributed by atoms with van der Waals surface area (Å²) in [5.41, 5.74) is -6.35. The largest absolute Gasteiger partial charge is 0.501 e. The fourth-order valence-electron chi connectivity index (χ4n) is 3.72. The second kappa shape index (κ2) is 11.2. The predicted octanol–water partition coefficient (Wildman–Crippen LogP) is 1.60. The molecule has 37 heavy (non-hydrogen) atoms. The first-order valence-electron chi connectivity index (χ1n) is 10.9. The Balaban J connectivity index is 2.01. The smallest absolute Gasteiger partial charge is 0.380 e. The summed E-state index contributed by atoms with van der Waals surface area (Å²) in [5.74, 6) is -0.566. The van der Waals surface area contributed by atoms with E-state index >= 15 is 0 Å². The first-order valence-corrected chi connectivity index (χ1v) is 15.6. The topological polar surface area (TPSA) is 153 Å². The van der Waals surface area contributed by atoms with Gasteiger partial charge in [-0.2, -0.15) is 13.2 Å². The van der Waals surface area contributed by atoms with Gasteiger partial charge in [0.15, 0.2) is 9.84 Å². The number of sulfone groups is 2. The van der Waals surface area contributed by atoms with Crippen LogP contribution in [0, 0.1) is 0 Å². The van der Waals surface area contributed by atoms with Crippen molar-refractivity contribution in [2.75, 3.05) is 43.9 Å². The second-order valence-corrected chi connectivity index (χ2v) is 13.8. The van der Waals surface area contributed by atoms with Crippen LogP contribution in [0.25, 0.3) is 0 Å². The lowest BCUT2D eigenvalue weighted by molar-refractivity contribution is -0.0435. The molecule has 0 spiro atoms. The number of alkyl halides is 3. The number of nitrogens with one attached hydrogen (secondary N) is 1. The number of hydrogen-bond acceptors (Lipinski definition) is 9. The lowest BCUT2D eigenvalue weighted by atomic mass is 10.2. The summed E-state index contributed by atoms with van der Waals surface area (Å²) in [4.78, 5) is -0.256. The van der Waals surface area contributed by atoms with E-state index < -0.39 is 62.5 Å². The van der Waals surface area contributed by atoms with E-state index in [9.17, 15) is 38.4 Å². The predicted molar refractivity (Wildman–Crippen MR) is 129 cm³/mol. The molecule has 206 valence electrons. The molecule has 1 aliphatic heterocycles. The van der Waals surface area contributed by atoms with Gasteiger partial charge in [-0.3, -0.25) is 4.90 Å². The maximum atomic E-state index is 13.4. The molecule has 0 saturated carbocycles. The maximum absolute atomic E-state index is 13.4. The van der Waals surface area contributed by atoms with E-state index in [0.717, 1.165) is 12.1 Å². The van der Waals surface area contributed by atoms with Crippen LogP contribution in [0.4, 0.5) is 18.9 Å². The van der Waals surface area contributed by atoms with Gasteiger partial charge in [-0.25, -0.2) is 30.4 Å². The monoisotopic (exact) mass is 585 g/mol. The molecule has 2 aromatic carbocycles. The van der Waals surface area contributed by atoms with Crippen LogP contribution in [0.3, 0.4) is 0 Å². The minimum atomic E-state index is -6.03. The maximum Gasteiger partial charge on any atom is 0.501 e. The van der Waals surface area contributed by atoms with Crippen molar-refractivity contribution in [1.29, 1.82) is 0 Å². The van der Waals surface area contributed by atoms with Crippen LogP contribution in [0.1, 0.15) is 6.42 Å². The first kappa shape index (κ1) is 29.3. The van der Waals surface area contributed by atoms with E-state index in [0.29, 0.717) is 38.9 Å². The molecule has 10 nitrogen and oxygen atoms in total. The summed E-state index contributed by atoms with van der Waals surface area (Å²) in [6, 6.07) is 8.35. The highest BCUT2D eigenvalue weighted by atomic mass is 32.2. The molecular weight excluding hydrogens is 559 g/mol. The number of ether oxygens (including phenoxy) is 1. The van der Waals surface area contributed by atoms with Crippen LogP contribution in [-0.4, -0.2) is 80.3 Å². The Hall–Kier alpha value is -2.24. The number of nitrogens with zero attached hydrogens (tertiary/aromatic N) is 1. The molecule has 1 atom stereocenters. The summed E-state index contributed by atoms with van der Waals surface area (Å²) < 4.78 is 120. The van der Waals surface area contributed by atoms with Crippen LogP contribution >= 0.6 is 0 Å². The number of benzene rings is 2. The summed E-state index contributed by atoms with van der Waals surface area (Å²) in [6.45, 7) is 2.40. The van der Waals surface area contributed by atoms with Crippen molar-refractivity contribution in [3.8, 4) is 0 Å². The fraction of sp³-hybridized carbons (Fsp3) is 0.429. The highest BCUT2D eigenvalue weighted by Gasteiger charge is 2.48. The lowest BCUT2D eigenvalue weighted by Gasteiger charge is -2.29. The average molecular weight is 586 g/mol. The van der Waals surface area contributed by atoms with E-state index in [4.69, 9.17) is 9.88 Å². The normalized spacial score (nSPS) is 16.9. The Kier molecular flexibility index (Phi) is 8.91. The molecule has 0 amide bonds. The van der Waals surface area contributed by atoms with Crippen molar-refractivity contribution in [3.63, 3.8) is 0 Å². The Morgan fingerprint density at radius 1 is 0.946 bits per heavy atom. The molecular formula is C21H26F3N3O7S3. The van der Waals surface area contributed by atoms with Crippen molar-refractivity contribution < 1.29 is 43.2 Å². The van der Waals surface area contributed by atoms with Crippen molar-refractivity contribution in [2.45, 2.75) is 32.7 Å². The van der Waals surface area contributed by atoms with E-state index in [1.165, 1.54) is 24.3 Å². The number of sulfonamides is 1. The minimum Gasteiger partial charge on any atom is -0.380 e. The Morgan fingerprint density at radius 3 is 2.14 bits per heavy atom. The molecule has 3 rings (SSSR count). The van der Waals surface area contributed by atoms with Gasteiger partial charge in [-0.05, 0) is 36.8 Å². The Morgan fingerprint density at radius 2 is 1.57 bits per heavy atom. The van der Waals surface area contributed by atoms with Crippen LogP contribution in [0.15, 0.2) is 63.2 Å². The van der Waals surface area contributed by atoms with Gasteiger partial charge < -0.3 is 10.1 Å². The summed E-state index contributed by atoms with van der Waals surface area (Å²) in [7, 11) is -14.5. The van der Waals surface area contributed by atoms with E-state index in [-0.39, 0.29) is 11.3 Å². The third-order valence-electron chi connectivity index (χ3n) is 5.66. The molecule has 1 fully saturated rings. The standard InChI is InChI=1S/C21H26F3N3O7S3/c22-21(23,24)36(30,31)20-14-18(37(25,32)33)6-7-19(20)26-16(8-9-27-10-12-34-13-11-27)15-35(28,29)17-4-2-1-3-5-17/h1-7,14,16,26H,8-13,15H2,(H2,25,32,33)/t16-/m1/s1. The summed E-state index contributed by atoms with van der Waals surface area (Å²) in [5, 5.41) is 7.61. The SMILES string of the molecule is NS(=O)(=O)c1ccc(N[C@H](CCN2CCOCC2)CS(=O)(=O)c2ccccc2)c(S(=O)(=O)C(F)(F)F)c1. The third kappa shape index (κ3) is 7.42. The molecule has 16 heteroatoms. The van der Waals surface area contributed by atoms with E-state index in [1.807, 2.05) is 4.90 Å². The van der Waals surface area contributed by atoms with Crippen molar-refractivity contribution in [3.05, 3.63) is 48.5 Å². The van der Waals surface area contributed by atoms with Crippen LogP contribution in [0.5, 0.6) is 0 Å². The first-order chi connectivity index (χ1) is 17.1. The molecule has 1 heterocycles. The van der Waals surface area contributed by atoms with Gasteiger partial charge in [0.1, 0.15) is 4.90 Å². The third-order valence-corrected chi connectivity index (χ3v) is 9.92. The van der Waals surface area contributed by atoms with Gasteiger partial charge in [-0.1, -0.05) is 18.2 Å². The Bertz CT molecular complexity index is 1410. The number of morpholine rings is 1. The highest BCUT2D eigenvalue weighted by molar-refractivity contribution is 7.92. The van der Waals surface area contributed by atoms with Gasteiger partial charge in [0.05, 0.1) is 34.4 Å². The molecule has 3 N–H and O–H groups in total. The van der Waals surface area contributed by atoms with Crippen LogP contribution in [-0.2, 0) is 34.4 Å². The number of rotatable bonds is 10. The molecule has 0 aliphatic carbocycles. The number of primary sulfonamides is 1. The Labute approximate surface area is 213 Å². The van der Waals surface area contributed by atoms with E-state index in [2.05, 4.69) is 5.32 Å². The zero-order valence-corrected chi connectivity index (χ0v) is 21.8. The van der Waals surface area contributed by atoms with E-state index in [1.54, 1.807) is 6.07 Å². The quantitative estimate of drug-likeness (QED) is 0.423. The van der Waals surface area contributed by atoms with Gasteiger partial charge in [0.25, 0.3) is 9.84 Å².